The maximum atomic E-state index is 13.8. The number of likely N-dealkylation sites (tertiary alicyclic amines) is 1. The molecule has 326 valence electrons. The van der Waals surface area contributed by atoms with E-state index in [2.05, 4.69) is 32.6 Å². The molecule has 15 nitrogen and oxygen atoms in total. The summed E-state index contributed by atoms with van der Waals surface area (Å²) in [6, 6.07) is 12.1. The number of aliphatic imine (C=N–C) groups is 1. The number of pyridine rings is 2. The third-order valence-corrected chi connectivity index (χ3v) is 13.3. The average Bonchev–Trinajstić information content (AvgIpc) is 3.94. The topological polar surface area (TPSA) is 156 Å². The SMILES string of the molecule is CCC1=CC(OCc2ccc(-c3nc4cc(OC)cc(CC)c4c(=O)o3)c(N3CCN(C4CC=CC=N4)CC3)n2)Cc2nc(-c3cccnc3N3CC4CC3CN4CC)oc(=O)c21. The van der Waals surface area contributed by atoms with E-state index in [1.54, 1.807) is 19.4 Å². The molecule has 4 aromatic heterocycles. The van der Waals surface area contributed by atoms with Crippen LogP contribution in [0.3, 0.4) is 0 Å². The van der Waals surface area contributed by atoms with Crippen LogP contribution in [0.2, 0.25) is 0 Å². The van der Waals surface area contributed by atoms with Crippen LogP contribution in [0, 0.1) is 0 Å². The molecule has 10 rings (SSSR count). The van der Waals surface area contributed by atoms with Crippen molar-refractivity contribution in [3.05, 3.63) is 104 Å². The van der Waals surface area contributed by atoms with Gasteiger partial charge in [0.05, 0.1) is 58.8 Å². The molecule has 1 aromatic carbocycles. The fourth-order valence-electron chi connectivity index (χ4n) is 10.1. The maximum absolute atomic E-state index is 13.8. The fraction of sp³-hybridized carbons (Fsp3) is 0.438. The lowest BCUT2D eigenvalue weighted by Crippen LogP contribution is -2.50. The summed E-state index contributed by atoms with van der Waals surface area (Å²) in [6.45, 7) is 12.3. The molecule has 0 amide bonds. The number of hydrogen-bond donors (Lipinski definition) is 0. The average molecular weight is 852 g/mol. The van der Waals surface area contributed by atoms with Crippen molar-refractivity contribution in [1.82, 2.24) is 29.7 Å². The predicted molar refractivity (Wildman–Crippen MR) is 243 cm³/mol. The Labute approximate surface area is 365 Å². The van der Waals surface area contributed by atoms with Gasteiger partial charge in [-0.2, -0.15) is 0 Å². The molecule has 4 unspecified atom stereocenters. The quantitative estimate of drug-likeness (QED) is 0.146. The van der Waals surface area contributed by atoms with Crippen LogP contribution in [-0.4, -0.2) is 113 Å². The summed E-state index contributed by atoms with van der Waals surface area (Å²) < 4.78 is 24.2. The highest BCUT2D eigenvalue weighted by molar-refractivity contribution is 5.85. The standard InChI is InChI=1S/C48H53N9O6/c1-5-29-21-34(60-4)24-38-41(29)47(58)63-46(52-38)37-14-13-31(51-44(37)56-19-17-55(18-20-56)40-12-8-9-15-49-40)28-61-35-22-30(6-2)42-39(25-35)53-45(62-48(42)59)36-11-10-16-50-43(36)57-27-32-23-33(57)26-54(32)7-3/h8-11,13-16,21-22,24,32-33,35,40H,5-7,12,17-20,23,25-28H2,1-4H3. The van der Waals surface area contributed by atoms with Crippen molar-refractivity contribution in [2.24, 2.45) is 4.99 Å². The smallest absolute Gasteiger partial charge is 0.347 e. The van der Waals surface area contributed by atoms with Crippen LogP contribution in [0.15, 0.2) is 84.2 Å². The summed E-state index contributed by atoms with van der Waals surface area (Å²) in [6.07, 6.45) is 13.2. The van der Waals surface area contributed by atoms with Crippen LogP contribution in [0.5, 0.6) is 5.75 Å². The van der Waals surface area contributed by atoms with Crippen molar-refractivity contribution in [2.45, 2.75) is 83.8 Å². The molecule has 4 aliphatic heterocycles. The zero-order valence-corrected chi connectivity index (χ0v) is 36.3. The number of allylic oxidation sites excluding steroid dienone is 2. The fourth-order valence-corrected chi connectivity index (χ4v) is 10.1. The van der Waals surface area contributed by atoms with Gasteiger partial charge in [-0.15, -0.1) is 0 Å². The number of dihydropyridines is 1. The molecule has 0 spiro atoms. The number of ether oxygens (including phenoxy) is 2. The highest BCUT2D eigenvalue weighted by Crippen LogP contribution is 2.39. The Bertz CT molecular complexity index is 2760. The van der Waals surface area contributed by atoms with Crippen molar-refractivity contribution >= 4 is 34.3 Å². The first-order valence-corrected chi connectivity index (χ1v) is 22.3. The van der Waals surface area contributed by atoms with Gasteiger partial charge in [0, 0.05) is 82.7 Å². The minimum absolute atomic E-state index is 0.115. The molecule has 1 aliphatic carbocycles. The summed E-state index contributed by atoms with van der Waals surface area (Å²) in [7, 11) is 1.61. The van der Waals surface area contributed by atoms with Crippen LogP contribution >= 0.6 is 0 Å². The Morgan fingerprint density at radius 2 is 1.70 bits per heavy atom. The Kier molecular flexibility index (Phi) is 11.2. The highest BCUT2D eigenvalue weighted by atomic mass is 16.5. The number of aromatic nitrogens is 4. The summed E-state index contributed by atoms with van der Waals surface area (Å²) in [4.78, 5) is 61.5. The molecule has 2 bridgehead atoms. The summed E-state index contributed by atoms with van der Waals surface area (Å²) in [5.74, 6) is 2.57. The summed E-state index contributed by atoms with van der Waals surface area (Å²) >= 11 is 0. The number of anilines is 2. The number of aryl methyl sites for hydroxylation is 1. The molecular formula is C48H53N9O6. The maximum Gasteiger partial charge on any atom is 0.347 e. The third-order valence-electron chi connectivity index (χ3n) is 13.3. The van der Waals surface area contributed by atoms with E-state index in [-0.39, 0.29) is 30.7 Å². The van der Waals surface area contributed by atoms with Gasteiger partial charge in [-0.3, -0.25) is 14.8 Å². The number of benzene rings is 1. The van der Waals surface area contributed by atoms with Crippen molar-refractivity contribution in [3.63, 3.8) is 0 Å². The van der Waals surface area contributed by atoms with Crippen LogP contribution < -0.4 is 25.8 Å². The summed E-state index contributed by atoms with van der Waals surface area (Å²) in [5, 5.41) is 0.452. The van der Waals surface area contributed by atoms with Gasteiger partial charge in [0.1, 0.15) is 23.6 Å². The van der Waals surface area contributed by atoms with E-state index in [9.17, 15) is 9.59 Å². The monoisotopic (exact) mass is 851 g/mol. The van der Waals surface area contributed by atoms with E-state index >= 15 is 0 Å². The van der Waals surface area contributed by atoms with Crippen LogP contribution in [0.25, 0.3) is 39.4 Å². The van der Waals surface area contributed by atoms with E-state index in [4.69, 9.17) is 43.2 Å². The Balaban J connectivity index is 0.934. The van der Waals surface area contributed by atoms with Crippen LogP contribution in [-0.2, 0) is 24.2 Å². The van der Waals surface area contributed by atoms with Gasteiger partial charge in [-0.05, 0) is 73.4 Å². The predicted octanol–water partition coefficient (Wildman–Crippen LogP) is 5.93. The number of hydrogen-bond acceptors (Lipinski definition) is 15. The molecule has 5 aliphatic rings. The largest absolute Gasteiger partial charge is 0.497 e. The number of fused-ring (bicyclic) bond motifs is 4. The van der Waals surface area contributed by atoms with Crippen molar-refractivity contribution < 1.29 is 18.3 Å². The van der Waals surface area contributed by atoms with Gasteiger partial charge in [-0.25, -0.2) is 29.5 Å². The first-order chi connectivity index (χ1) is 30.8. The van der Waals surface area contributed by atoms with Crippen molar-refractivity contribution in [2.75, 3.05) is 62.7 Å². The van der Waals surface area contributed by atoms with Gasteiger partial charge in [0.25, 0.3) is 0 Å². The first kappa shape index (κ1) is 41.0. The van der Waals surface area contributed by atoms with Gasteiger partial charge >= 0.3 is 11.3 Å². The van der Waals surface area contributed by atoms with Crippen molar-refractivity contribution in [1.29, 1.82) is 0 Å². The second-order valence-electron chi connectivity index (χ2n) is 16.9. The number of nitrogens with zero attached hydrogens (tertiary/aromatic N) is 9. The zero-order chi connectivity index (χ0) is 43.2. The molecule has 0 N–H and O–H groups in total. The highest BCUT2D eigenvalue weighted by Gasteiger charge is 2.44. The molecule has 4 atom stereocenters. The van der Waals surface area contributed by atoms with Gasteiger partial charge in [0.2, 0.25) is 11.8 Å². The van der Waals surface area contributed by atoms with Crippen LogP contribution in [0.4, 0.5) is 11.6 Å². The third kappa shape index (κ3) is 7.76. The van der Waals surface area contributed by atoms with E-state index in [1.807, 2.05) is 62.5 Å². The van der Waals surface area contributed by atoms with Gasteiger partial charge in [-0.1, -0.05) is 32.9 Å². The number of piperazine rings is 2. The Morgan fingerprint density at radius 1 is 0.873 bits per heavy atom. The lowest BCUT2D eigenvalue weighted by Gasteiger charge is -2.39. The second-order valence-corrected chi connectivity index (χ2v) is 16.9. The summed E-state index contributed by atoms with van der Waals surface area (Å²) in [5.41, 5.74) is 4.53. The van der Waals surface area contributed by atoms with E-state index in [0.717, 1.165) is 68.1 Å². The molecule has 0 saturated carbocycles. The lowest BCUT2D eigenvalue weighted by atomic mass is 9.92. The minimum atomic E-state index is -0.450. The van der Waals surface area contributed by atoms with Crippen LogP contribution in [0.1, 0.15) is 62.5 Å². The normalized spacial score (nSPS) is 22.3. The van der Waals surface area contributed by atoms with E-state index in [1.165, 1.54) is 0 Å². The molecule has 3 fully saturated rings. The molecule has 63 heavy (non-hydrogen) atoms. The van der Waals surface area contributed by atoms with Gasteiger partial charge < -0.3 is 28.1 Å². The molecule has 5 aromatic rings. The van der Waals surface area contributed by atoms with E-state index in [0.29, 0.717) is 89.4 Å². The molecular weight excluding hydrogens is 799 g/mol. The van der Waals surface area contributed by atoms with Crippen molar-refractivity contribution in [3.8, 4) is 28.7 Å². The lowest BCUT2D eigenvalue weighted by molar-refractivity contribution is 0.0686. The van der Waals surface area contributed by atoms with E-state index < -0.39 is 11.3 Å². The molecule has 0 radical (unpaired) electrons. The minimum Gasteiger partial charge on any atom is -0.497 e. The number of rotatable bonds is 12. The number of likely N-dealkylation sites (N-methyl/N-ethyl adjacent to an activating group) is 1. The molecule has 3 saturated heterocycles. The Hall–Kier alpha value is -6.03. The zero-order valence-electron chi connectivity index (χ0n) is 36.3. The first-order valence-electron chi connectivity index (χ1n) is 22.3. The Morgan fingerprint density at radius 3 is 2.44 bits per heavy atom. The molecule has 8 heterocycles. The molecule has 15 heteroatoms. The second kappa shape index (κ2) is 17.3. The van der Waals surface area contributed by atoms with Gasteiger partial charge in [0.15, 0.2) is 0 Å². The number of methoxy groups -OCH3 is 1.